The largest absolute Gasteiger partial charge is 0.497 e. The number of aliphatic hydroxyl groups is 1. The highest BCUT2D eigenvalue weighted by Gasteiger charge is 2.35. The summed E-state index contributed by atoms with van der Waals surface area (Å²) >= 11 is 0. The maximum absolute atomic E-state index is 9.09. The van der Waals surface area contributed by atoms with Crippen LogP contribution in [0.3, 0.4) is 0 Å². The molecule has 3 aromatic rings. The van der Waals surface area contributed by atoms with Crippen LogP contribution in [0, 0.1) is 5.41 Å². The first-order valence-corrected chi connectivity index (χ1v) is 10.8. The number of aliphatic hydroxyl groups excluding tert-OH is 1. The molecule has 0 radical (unpaired) electrons. The van der Waals surface area contributed by atoms with Gasteiger partial charge in [0.15, 0.2) is 0 Å². The fourth-order valence-electron chi connectivity index (χ4n) is 4.35. The average molecular weight is 422 g/mol. The number of aromatic nitrogens is 2. The Morgan fingerprint density at radius 3 is 2.68 bits per heavy atom. The van der Waals surface area contributed by atoms with Gasteiger partial charge in [0.2, 0.25) is 0 Å². The van der Waals surface area contributed by atoms with E-state index in [1.165, 1.54) is 11.3 Å². The summed E-state index contributed by atoms with van der Waals surface area (Å²) in [6.45, 7) is 5.62. The normalized spacial score (nSPS) is 17.2. The number of hydrogen-bond donors (Lipinski definition) is 2. The number of nitrogens with zero attached hydrogens (tertiary/aromatic N) is 2. The van der Waals surface area contributed by atoms with Crippen molar-refractivity contribution in [2.75, 3.05) is 20.3 Å². The van der Waals surface area contributed by atoms with Crippen molar-refractivity contribution in [2.24, 2.45) is 5.41 Å². The van der Waals surface area contributed by atoms with Crippen LogP contribution in [0.25, 0.3) is 5.69 Å². The lowest BCUT2D eigenvalue weighted by molar-refractivity contribution is 0.199. The standard InChI is InChI=1S/C25H31N3O3/c1-25(2)14-22(26-16-18-6-4-5-7-24(18)31-13-12-29)21-17-27-28(23(21)15-25)19-8-10-20(30-3)11-9-19/h4-11,17,22,26,29H,12-16H2,1-3H3/t22-/m0/s1. The molecule has 1 heterocycles. The summed E-state index contributed by atoms with van der Waals surface area (Å²) in [4.78, 5) is 0. The minimum atomic E-state index is 0.00643. The highest BCUT2D eigenvalue weighted by molar-refractivity contribution is 5.41. The number of rotatable bonds is 8. The maximum Gasteiger partial charge on any atom is 0.123 e. The minimum absolute atomic E-state index is 0.00643. The van der Waals surface area contributed by atoms with Crippen LogP contribution in [0.15, 0.2) is 54.7 Å². The monoisotopic (exact) mass is 421 g/mol. The second-order valence-corrected chi connectivity index (χ2v) is 8.81. The van der Waals surface area contributed by atoms with E-state index in [0.29, 0.717) is 13.2 Å². The molecule has 0 fully saturated rings. The first kappa shape index (κ1) is 21.4. The molecule has 1 atom stereocenters. The summed E-state index contributed by atoms with van der Waals surface area (Å²) in [7, 11) is 1.68. The molecule has 4 rings (SSSR count). The highest BCUT2D eigenvalue weighted by Crippen LogP contribution is 2.41. The topological polar surface area (TPSA) is 68.5 Å². The number of para-hydroxylation sites is 1. The molecule has 1 aliphatic carbocycles. The summed E-state index contributed by atoms with van der Waals surface area (Å²) in [5, 5.41) is 17.6. The van der Waals surface area contributed by atoms with Crippen LogP contribution in [-0.2, 0) is 13.0 Å². The van der Waals surface area contributed by atoms with Gasteiger partial charge in [-0.1, -0.05) is 32.0 Å². The van der Waals surface area contributed by atoms with Crippen LogP contribution in [0.1, 0.15) is 43.1 Å². The number of benzene rings is 2. The van der Waals surface area contributed by atoms with Gasteiger partial charge in [-0.2, -0.15) is 5.10 Å². The summed E-state index contributed by atoms with van der Waals surface area (Å²) in [6, 6.07) is 16.2. The van der Waals surface area contributed by atoms with Gasteiger partial charge in [-0.25, -0.2) is 4.68 Å². The Bertz CT molecular complexity index is 1010. The zero-order chi connectivity index (χ0) is 21.8. The lowest BCUT2D eigenvalue weighted by atomic mass is 9.74. The molecule has 0 unspecified atom stereocenters. The fraction of sp³-hybridized carbons (Fsp3) is 0.400. The van der Waals surface area contributed by atoms with Gasteiger partial charge in [0.1, 0.15) is 18.1 Å². The molecular weight excluding hydrogens is 390 g/mol. The molecule has 31 heavy (non-hydrogen) atoms. The molecule has 0 saturated carbocycles. The molecule has 0 amide bonds. The Labute approximate surface area is 183 Å². The number of hydrogen-bond acceptors (Lipinski definition) is 5. The predicted molar refractivity (Wildman–Crippen MR) is 121 cm³/mol. The summed E-state index contributed by atoms with van der Waals surface area (Å²) < 4.78 is 13.1. The lowest BCUT2D eigenvalue weighted by Crippen LogP contribution is -2.33. The molecule has 0 spiro atoms. The number of nitrogens with one attached hydrogen (secondary N) is 1. The fourth-order valence-corrected chi connectivity index (χ4v) is 4.35. The van der Waals surface area contributed by atoms with E-state index in [4.69, 9.17) is 19.7 Å². The molecule has 1 aliphatic rings. The van der Waals surface area contributed by atoms with Crippen molar-refractivity contribution in [3.63, 3.8) is 0 Å². The van der Waals surface area contributed by atoms with E-state index in [9.17, 15) is 0 Å². The van der Waals surface area contributed by atoms with Crippen molar-refractivity contribution < 1.29 is 14.6 Å². The van der Waals surface area contributed by atoms with Crippen molar-refractivity contribution >= 4 is 0 Å². The SMILES string of the molecule is COc1ccc(-n2ncc3c2CC(C)(C)C[C@@H]3NCc2ccccc2OCCO)cc1. The lowest BCUT2D eigenvalue weighted by Gasteiger charge is -2.36. The second-order valence-electron chi connectivity index (χ2n) is 8.81. The van der Waals surface area contributed by atoms with Gasteiger partial charge in [0, 0.05) is 29.4 Å². The van der Waals surface area contributed by atoms with Crippen molar-refractivity contribution in [1.29, 1.82) is 0 Å². The minimum Gasteiger partial charge on any atom is -0.497 e. The molecule has 0 aliphatic heterocycles. The van der Waals surface area contributed by atoms with Gasteiger partial charge in [-0.15, -0.1) is 0 Å². The maximum atomic E-state index is 9.09. The van der Waals surface area contributed by atoms with E-state index >= 15 is 0 Å². The van der Waals surface area contributed by atoms with Crippen LogP contribution in [-0.4, -0.2) is 35.2 Å². The third kappa shape index (κ3) is 4.75. The van der Waals surface area contributed by atoms with Gasteiger partial charge in [0.05, 0.1) is 25.6 Å². The third-order valence-corrected chi connectivity index (χ3v) is 5.86. The smallest absolute Gasteiger partial charge is 0.123 e. The van der Waals surface area contributed by atoms with Crippen LogP contribution < -0.4 is 14.8 Å². The Kier molecular flexibility index (Phi) is 6.30. The molecule has 6 nitrogen and oxygen atoms in total. The van der Waals surface area contributed by atoms with Crippen molar-refractivity contribution in [3.05, 3.63) is 71.5 Å². The Balaban J connectivity index is 1.58. The first-order valence-electron chi connectivity index (χ1n) is 10.8. The molecule has 0 bridgehead atoms. The van der Waals surface area contributed by atoms with Crippen molar-refractivity contribution in [2.45, 2.75) is 39.3 Å². The van der Waals surface area contributed by atoms with Crippen LogP contribution >= 0.6 is 0 Å². The Morgan fingerprint density at radius 1 is 1.16 bits per heavy atom. The highest BCUT2D eigenvalue weighted by atomic mass is 16.5. The molecule has 164 valence electrons. The van der Waals surface area contributed by atoms with Crippen LogP contribution in [0.2, 0.25) is 0 Å². The summed E-state index contributed by atoms with van der Waals surface area (Å²) in [5.74, 6) is 1.65. The van der Waals surface area contributed by atoms with Gasteiger partial charge in [-0.3, -0.25) is 0 Å². The molecule has 6 heteroatoms. The Morgan fingerprint density at radius 2 is 1.94 bits per heavy atom. The number of ether oxygens (including phenoxy) is 2. The predicted octanol–water partition coefficient (Wildman–Crippen LogP) is 4.06. The second kappa shape index (κ2) is 9.12. The van der Waals surface area contributed by atoms with E-state index in [-0.39, 0.29) is 18.1 Å². The van der Waals surface area contributed by atoms with E-state index < -0.39 is 0 Å². The molecule has 2 aromatic carbocycles. The number of fused-ring (bicyclic) bond motifs is 1. The van der Waals surface area contributed by atoms with E-state index in [0.717, 1.165) is 35.6 Å². The Hall–Kier alpha value is -2.83. The molecular formula is C25H31N3O3. The molecule has 1 aromatic heterocycles. The van der Waals surface area contributed by atoms with Gasteiger partial charge in [-0.05, 0) is 48.6 Å². The van der Waals surface area contributed by atoms with Gasteiger partial charge < -0.3 is 19.9 Å². The summed E-state index contributed by atoms with van der Waals surface area (Å²) in [5.41, 5.74) is 4.79. The molecule has 2 N–H and O–H groups in total. The van der Waals surface area contributed by atoms with Gasteiger partial charge >= 0.3 is 0 Å². The zero-order valence-corrected chi connectivity index (χ0v) is 18.5. The van der Waals surface area contributed by atoms with Crippen LogP contribution in [0.4, 0.5) is 0 Å². The molecule has 0 saturated heterocycles. The van der Waals surface area contributed by atoms with Crippen LogP contribution in [0.5, 0.6) is 11.5 Å². The quantitative estimate of drug-likeness (QED) is 0.574. The number of methoxy groups -OCH3 is 1. The van der Waals surface area contributed by atoms with Crippen molar-refractivity contribution in [1.82, 2.24) is 15.1 Å². The first-order chi connectivity index (χ1) is 15.0. The van der Waals surface area contributed by atoms with E-state index in [1.807, 2.05) is 48.7 Å². The third-order valence-electron chi connectivity index (χ3n) is 5.86. The summed E-state index contributed by atoms with van der Waals surface area (Å²) in [6.07, 6.45) is 4.01. The van der Waals surface area contributed by atoms with E-state index in [1.54, 1.807) is 7.11 Å². The van der Waals surface area contributed by atoms with Crippen molar-refractivity contribution in [3.8, 4) is 17.2 Å². The zero-order valence-electron chi connectivity index (χ0n) is 18.5. The average Bonchev–Trinajstić information content (AvgIpc) is 3.19. The van der Waals surface area contributed by atoms with Gasteiger partial charge in [0.25, 0.3) is 0 Å². The van der Waals surface area contributed by atoms with E-state index in [2.05, 4.69) is 29.9 Å².